The van der Waals surface area contributed by atoms with Crippen molar-refractivity contribution in [1.29, 1.82) is 0 Å². The molecule has 1 aromatic carbocycles. The van der Waals surface area contributed by atoms with Crippen molar-refractivity contribution in [2.45, 2.75) is 19.3 Å². The largest absolute Gasteiger partial charge is 0.355 e. The van der Waals surface area contributed by atoms with E-state index in [1.807, 2.05) is 18.2 Å². The van der Waals surface area contributed by atoms with Crippen molar-refractivity contribution in [2.24, 2.45) is 5.92 Å². The van der Waals surface area contributed by atoms with Crippen molar-refractivity contribution in [3.63, 3.8) is 0 Å². The highest BCUT2D eigenvalue weighted by molar-refractivity contribution is 7.18. The van der Waals surface area contributed by atoms with Gasteiger partial charge in [-0.25, -0.2) is 4.98 Å². The van der Waals surface area contributed by atoms with Crippen LogP contribution in [0.2, 0.25) is 5.02 Å². The Morgan fingerprint density at radius 3 is 3.10 bits per heavy atom. The fourth-order valence-electron chi connectivity index (χ4n) is 2.14. The number of aromatic nitrogens is 1. The van der Waals surface area contributed by atoms with Crippen LogP contribution in [-0.2, 0) is 11.2 Å². The van der Waals surface area contributed by atoms with Crippen LogP contribution in [-0.4, -0.2) is 30.5 Å². The number of amides is 1. The minimum Gasteiger partial charge on any atom is -0.355 e. The molecule has 112 valence electrons. The van der Waals surface area contributed by atoms with E-state index in [-0.39, 0.29) is 5.91 Å². The highest BCUT2D eigenvalue weighted by Crippen LogP contribution is 2.27. The first-order chi connectivity index (χ1) is 10.2. The Hall–Kier alpha value is -1.17. The number of nitrogens with one attached hydrogen (secondary N) is 2. The fraction of sp³-hybridized carbons (Fsp3) is 0.467. The maximum atomic E-state index is 11.6. The van der Waals surface area contributed by atoms with E-state index < -0.39 is 0 Å². The van der Waals surface area contributed by atoms with Crippen molar-refractivity contribution < 1.29 is 4.79 Å². The van der Waals surface area contributed by atoms with E-state index in [0.29, 0.717) is 18.1 Å². The molecule has 2 N–H and O–H groups in total. The van der Waals surface area contributed by atoms with Crippen LogP contribution in [0.25, 0.3) is 10.2 Å². The molecule has 1 saturated carbocycles. The molecule has 0 spiro atoms. The average Bonchev–Trinajstić information content (AvgIpc) is 3.18. The summed E-state index contributed by atoms with van der Waals surface area (Å²) in [6.07, 6.45) is 3.36. The molecule has 1 fully saturated rings. The number of hydrogen-bond donors (Lipinski definition) is 2. The summed E-state index contributed by atoms with van der Waals surface area (Å²) in [7, 11) is 0. The summed E-state index contributed by atoms with van der Waals surface area (Å²) in [6.45, 7) is 2.00. The molecular weight excluding hydrogens is 306 g/mol. The molecule has 2 aromatic rings. The van der Waals surface area contributed by atoms with Gasteiger partial charge >= 0.3 is 0 Å². The third kappa shape index (κ3) is 4.40. The summed E-state index contributed by atoms with van der Waals surface area (Å²) in [5.41, 5.74) is 0.930. The summed E-state index contributed by atoms with van der Waals surface area (Å²) in [5, 5.41) is 7.83. The first-order valence-corrected chi connectivity index (χ1v) is 8.42. The van der Waals surface area contributed by atoms with Crippen LogP contribution in [0.1, 0.15) is 17.8 Å². The molecule has 0 atom stereocenters. The number of nitrogens with zero attached hydrogens (tertiary/aromatic N) is 1. The number of halogens is 1. The molecule has 1 aromatic heterocycles. The molecule has 4 nitrogen and oxygen atoms in total. The molecule has 21 heavy (non-hydrogen) atoms. The normalized spacial score (nSPS) is 14.5. The van der Waals surface area contributed by atoms with E-state index in [9.17, 15) is 4.79 Å². The van der Waals surface area contributed by atoms with E-state index in [1.54, 1.807) is 11.3 Å². The van der Waals surface area contributed by atoms with Gasteiger partial charge in [0.25, 0.3) is 0 Å². The molecule has 0 bridgehead atoms. The monoisotopic (exact) mass is 323 g/mol. The molecule has 0 aliphatic heterocycles. The van der Waals surface area contributed by atoms with Gasteiger partial charge in [0, 0.05) is 18.0 Å². The molecule has 6 heteroatoms. The third-order valence-corrected chi connectivity index (χ3v) is 4.80. The third-order valence-electron chi connectivity index (χ3n) is 3.47. The summed E-state index contributed by atoms with van der Waals surface area (Å²) in [4.78, 5) is 16.2. The van der Waals surface area contributed by atoms with Gasteiger partial charge in [0.1, 0.15) is 0 Å². The van der Waals surface area contributed by atoms with Gasteiger partial charge < -0.3 is 10.6 Å². The van der Waals surface area contributed by atoms with E-state index in [1.165, 1.54) is 12.8 Å². The molecule has 1 aliphatic carbocycles. The maximum Gasteiger partial charge on any atom is 0.233 e. The van der Waals surface area contributed by atoms with Crippen LogP contribution in [0, 0.1) is 5.92 Å². The number of hydrogen-bond acceptors (Lipinski definition) is 4. The first kappa shape index (κ1) is 14.8. The first-order valence-electron chi connectivity index (χ1n) is 7.23. The van der Waals surface area contributed by atoms with Gasteiger partial charge in [0.15, 0.2) is 0 Å². The van der Waals surface area contributed by atoms with Crippen LogP contribution in [0.4, 0.5) is 0 Å². The van der Waals surface area contributed by atoms with Crippen LogP contribution < -0.4 is 10.6 Å². The summed E-state index contributed by atoms with van der Waals surface area (Å²) >= 11 is 7.60. The van der Waals surface area contributed by atoms with Gasteiger partial charge in [0.2, 0.25) is 5.91 Å². The number of carbonyl (C=O) groups excluding carboxylic acids is 1. The van der Waals surface area contributed by atoms with E-state index in [0.717, 1.165) is 34.1 Å². The Morgan fingerprint density at radius 1 is 1.43 bits per heavy atom. The smallest absolute Gasteiger partial charge is 0.233 e. The lowest BCUT2D eigenvalue weighted by Gasteiger charge is -2.05. The molecule has 0 saturated heterocycles. The quantitative estimate of drug-likeness (QED) is 0.823. The zero-order valence-corrected chi connectivity index (χ0v) is 13.3. The van der Waals surface area contributed by atoms with E-state index in [4.69, 9.17) is 11.6 Å². The van der Waals surface area contributed by atoms with Gasteiger partial charge in [0.05, 0.1) is 21.8 Å². The molecular formula is C15H18ClN3OS. The van der Waals surface area contributed by atoms with E-state index in [2.05, 4.69) is 15.6 Å². The van der Waals surface area contributed by atoms with Gasteiger partial charge in [-0.2, -0.15) is 0 Å². The van der Waals surface area contributed by atoms with Crippen molar-refractivity contribution in [3.8, 4) is 0 Å². The lowest BCUT2D eigenvalue weighted by Crippen LogP contribution is -2.35. The second kappa shape index (κ2) is 6.73. The second-order valence-corrected chi connectivity index (χ2v) is 6.95. The van der Waals surface area contributed by atoms with Crippen molar-refractivity contribution in [3.05, 3.63) is 28.2 Å². The Balaban J connectivity index is 1.41. The average molecular weight is 324 g/mol. The number of fused-ring (bicyclic) bond motifs is 1. The zero-order chi connectivity index (χ0) is 14.7. The fourth-order valence-corrected chi connectivity index (χ4v) is 3.25. The number of benzene rings is 1. The van der Waals surface area contributed by atoms with E-state index >= 15 is 0 Å². The van der Waals surface area contributed by atoms with Crippen molar-refractivity contribution in [1.82, 2.24) is 15.6 Å². The van der Waals surface area contributed by atoms with Crippen LogP contribution in [0.15, 0.2) is 18.2 Å². The lowest BCUT2D eigenvalue weighted by molar-refractivity contribution is -0.120. The summed E-state index contributed by atoms with van der Waals surface area (Å²) in [6, 6.07) is 5.73. The predicted octanol–water partition coefficient (Wildman–Crippen LogP) is 2.61. The van der Waals surface area contributed by atoms with Gasteiger partial charge in [-0.1, -0.05) is 11.6 Å². The molecule has 1 heterocycles. The van der Waals surface area contributed by atoms with Crippen LogP contribution >= 0.6 is 22.9 Å². The second-order valence-electron chi connectivity index (χ2n) is 5.39. The Kier molecular flexibility index (Phi) is 4.73. The molecule has 1 amide bonds. The van der Waals surface area contributed by atoms with Gasteiger partial charge in [-0.3, -0.25) is 4.79 Å². The lowest BCUT2D eigenvalue weighted by atomic mass is 10.3. The Bertz CT molecular complexity index is 639. The summed E-state index contributed by atoms with van der Waals surface area (Å²) in [5.74, 6) is 0.854. The number of rotatable bonds is 7. The molecule has 0 radical (unpaired) electrons. The topological polar surface area (TPSA) is 54.0 Å². The molecule has 1 aliphatic rings. The highest BCUT2D eigenvalue weighted by Gasteiger charge is 2.20. The minimum absolute atomic E-state index is 0.0554. The number of thiazole rings is 1. The standard InChI is InChI=1S/C15H18ClN3OS/c16-11-3-4-13-12(7-11)19-15(21-13)5-6-18-14(20)9-17-8-10-1-2-10/h3-4,7,10,17H,1-2,5-6,8-9H2,(H,18,20). The Labute approximate surface area is 132 Å². The van der Waals surface area contributed by atoms with Crippen molar-refractivity contribution >= 4 is 39.1 Å². The molecule has 3 rings (SSSR count). The number of carbonyl (C=O) groups is 1. The van der Waals surface area contributed by atoms with Crippen LogP contribution in [0.5, 0.6) is 0 Å². The van der Waals surface area contributed by atoms with Gasteiger partial charge in [-0.05, 0) is 43.5 Å². The summed E-state index contributed by atoms with van der Waals surface area (Å²) < 4.78 is 1.13. The maximum absolute atomic E-state index is 11.6. The van der Waals surface area contributed by atoms with Gasteiger partial charge in [-0.15, -0.1) is 11.3 Å². The minimum atomic E-state index is 0.0554. The molecule has 0 unspecified atom stereocenters. The zero-order valence-electron chi connectivity index (χ0n) is 11.7. The van der Waals surface area contributed by atoms with Crippen LogP contribution in [0.3, 0.4) is 0 Å². The SMILES string of the molecule is O=C(CNCC1CC1)NCCc1nc2cc(Cl)ccc2s1. The highest BCUT2D eigenvalue weighted by atomic mass is 35.5. The predicted molar refractivity (Wildman–Crippen MR) is 86.9 cm³/mol. The Morgan fingerprint density at radius 2 is 2.29 bits per heavy atom. The van der Waals surface area contributed by atoms with Crippen molar-refractivity contribution in [2.75, 3.05) is 19.6 Å².